The van der Waals surface area contributed by atoms with E-state index in [1.807, 2.05) is 80.7 Å². The molecular formula is C25H24N2O2. The highest BCUT2D eigenvalue weighted by atomic mass is 16.5. The summed E-state index contributed by atoms with van der Waals surface area (Å²) in [5.41, 5.74) is 3.78. The number of aryl methyl sites for hydroxylation is 1. The zero-order chi connectivity index (χ0) is 20.2. The molecule has 0 aliphatic carbocycles. The van der Waals surface area contributed by atoms with Crippen LogP contribution in [0.25, 0.3) is 10.9 Å². The zero-order valence-electron chi connectivity index (χ0n) is 16.7. The number of ether oxygens (including phenoxy) is 1. The Balaban J connectivity index is 1.62. The lowest BCUT2D eigenvalue weighted by Crippen LogP contribution is -2.24. The van der Waals surface area contributed by atoms with E-state index >= 15 is 0 Å². The van der Waals surface area contributed by atoms with Crippen LogP contribution in [0.1, 0.15) is 16.8 Å². The van der Waals surface area contributed by atoms with Crippen LogP contribution in [0, 0.1) is 6.92 Å². The molecule has 1 N–H and O–H groups in total. The first-order valence-corrected chi connectivity index (χ1v) is 9.71. The van der Waals surface area contributed by atoms with E-state index in [-0.39, 0.29) is 5.43 Å². The summed E-state index contributed by atoms with van der Waals surface area (Å²) in [5.74, 6) is 1.40. The number of rotatable bonds is 6. The molecule has 0 amide bonds. The van der Waals surface area contributed by atoms with Gasteiger partial charge in [0.25, 0.3) is 0 Å². The molecule has 4 nitrogen and oxygen atoms in total. The van der Waals surface area contributed by atoms with Gasteiger partial charge in [-0.2, -0.15) is 0 Å². The zero-order valence-corrected chi connectivity index (χ0v) is 16.7. The molecule has 146 valence electrons. The molecule has 0 radical (unpaired) electrons. The number of hydrogen-bond donors (Lipinski definition) is 1. The number of H-pyrrole nitrogens is 1. The molecule has 0 bridgehead atoms. The summed E-state index contributed by atoms with van der Waals surface area (Å²) in [6.07, 6.45) is 0. The second kappa shape index (κ2) is 8.33. The van der Waals surface area contributed by atoms with E-state index in [9.17, 15) is 4.79 Å². The topological polar surface area (TPSA) is 45.3 Å². The molecule has 1 aromatic heterocycles. The molecule has 0 aliphatic rings. The van der Waals surface area contributed by atoms with E-state index in [2.05, 4.69) is 22.0 Å². The van der Waals surface area contributed by atoms with E-state index in [4.69, 9.17) is 4.74 Å². The molecule has 4 rings (SSSR count). The van der Waals surface area contributed by atoms with Gasteiger partial charge in [0.1, 0.15) is 11.5 Å². The minimum absolute atomic E-state index is 0.0506. The number of nitrogens with one attached hydrogen (secondary N) is 1. The quantitative estimate of drug-likeness (QED) is 0.493. The van der Waals surface area contributed by atoms with Gasteiger partial charge in [0, 0.05) is 35.2 Å². The molecule has 0 saturated carbocycles. The number of hydrogen-bond acceptors (Lipinski definition) is 3. The molecular weight excluding hydrogens is 360 g/mol. The summed E-state index contributed by atoms with van der Waals surface area (Å²) in [5, 5.41) is 0.646. The van der Waals surface area contributed by atoms with Crippen molar-refractivity contribution in [1.82, 2.24) is 9.88 Å². The lowest BCUT2D eigenvalue weighted by molar-refractivity contribution is 0.317. The molecule has 3 aromatic carbocycles. The van der Waals surface area contributed by atoms with Crippen molar-refractivity contribution in [3.63, 3.8) is 0 Å². The smallest absolute Gasteiger partial charge is 0.194 e. The fourth-order valence-corrected chi connectivity index (χ4v) is 3.53. The molecule has 0 saturated heterocycles. The van der Waals surface area contributed by atoms with Gasteiger partial charge >= 0.3 is 0 Å². The van der Waals surface area contributed by atoms with Gasteiger partial charge in [-0.25, -0.2) is 0 Å². The summed E-state index contributed by atoms with van der Waals surface area (Å²) < 4.78 is 5.91. The van der Waals surface area contributed by atoms with Crippen LogP contribution in [-0.2, 0) is 13.1 Å². The van der Waals surface area contributed by atoms with Crippen LogP contribution in [0.5, 0.6) is 11.5 Å². The second-order valence-electron chi connectivity index (χ2n) is 7.34. The maximum absolute atomic E-state index is 13.2. The Morgan fingerprint density at radius 1 is 0.862 bits per heavy atom. The highest BCUT2D eigenvalue weighted by Crippen LogP contribution is 2.24. The van der Waals surface area contributed by atoms with E-state index in [0.717, 1.165) is 29.1 Å². The van der Waals surface area contributed by atoms with Gasteiger partial charge in [-0.15, -0.1) is 0 Å². The van der Waals surface area contributed by atoms with E-state index in [0.29, 0.717) is 17.7 Å². The van der Waals surface area contributed by atoms with Crippen LogP contribution in [0.15, 0.2) is 83.7 Å². The molecule has 0 spiro atoms. The number of nitrogens with zero attached hydrogens (tertiary/aromatic N) is 1. The average molecular weight is 384 g/mol. The molecule has 29 heavy (non-hydrogen) atoms. The SMILES string of the molecule is Cc1[nH]c2ccc(Oc3ccccc3)cc2c(=O)c1CN(C)Cc1ccccc1. The highest BCUT2D eigenvalue weighted by Gasteiger charge is 2.13. The normalized spacial score (nSPS) is 11.1. The monoisotopic (exact) mass is 384 g/mol. The van der Waals surface area contributed by atoms with Gasteiger partial charge in [-0.1, -0.05) is 48.5 Å². The lowest BCUT2D eigenvalue weighted by Gasteiger charge is -2.18. The van der Waals surface area contributed by atoms with Gasteiger partial charge in [0.2, 0.25) is 0 Å². The Hall–Kier alpha value is -3.37. The minimum atomic E-state index is 0.0506. The third kappa shape index (κ3) is 4.39. The van der Waals surface area contributed by atoms with Gasteiger partial charge in [0.15, 0.2) is 5.43 Å². The van der Waals surface area contributed by atoms with Crippen LogP contribution in [0.4, 0.5) is 0 Å². The minimum Gasteiger partial charge on any atom is -0.457 e. The number of benzene rings is 3. The van der Waals surface area contributed by atoms with Crippen LogP contribution in [0.2, 0.25) is 0 Å². The standard InChI is InChI=1S/C25H24N2O2/c1-18-23(17-27(2)16-19-9-5-3-6-10-19)25(28)22-15-21(13-14-24(22)26-18)29-20-11-7-4-8-12-20/h3-15H,16-17H2,1-2H3,(H,26,28). The molecule has 0 fully saturated rings. The van der Waals surface area contributed by atoms with Gasteiger partial charge in [-0.05, 0) is 49.9 Å². The molecule has 4 heteroatoms. The molecule has 1 heterocycles. The van der Waals surface area contributed by atoms with Crippen molar-refractivity contribution < 1.29 is 4.74 Å². The lowest BCUT2D eigenvalue weighted by atomic mass is 10.1. The average Bonchev–Trinajstić information content (AvgIpc) is 2.73. The predicted octanol–water partition coefficient (Wildman–Crippen LogP) is 5.26. The Morgan fingerprint density at radius 3 is 2.28 bits per heavy atom. The van der Waals surface area contributed by atoms with E-state index in [1.165, 1.54) is 5.56 Å². The summed E-state index contributed by atoms with van der Waals surface area (Å²) in [7, 11) is 2.03. The van der Waals surface area contributed by atoms with E-state index in [1.54, 1.807) is 0 Å². The summed E-state index contributed by atoms with van der Waals surface area (Å²) in [6, 6.07) is 25.5. The van der Waals surface area contributed by atoms with Crippen LogP contribution < -0.4 is 10.2 Å². The number of para-hydroxylation sites is 1. The van der Waals surface area contributed by atoms with Crippen molar-refractivity contribution in [2.45, 2.75) is 20.0 Å². The van der Waals surface area contributed by atoms with Gasteiger partial charge < -0.3 is 9.72 Å². The van der Waals surface area contributed by atoms with Crippen molar-refractivity contribution in [3.8, 4) is 11.5 Å². The predicted molar refractivity (Wildman–Crippen MR) is 117 cm³/mol. The van der Waals surface area contributed by atoms with Crippen molar-refractivity contribution in [1.29, 1.82) is 0 Å². The third-order valence-corrected chi connectivity index (χ3v) is 4.99. The van der Waals surface area contributed by atoms with Crippen molar-refractivity contribution >= 4 is 10.9 Å². The molecule has 0 atom stereocenters. The Labute approximate surface area is 170 Å². The van der Waals surface area contributed by atoms with Crippen LogP contribution >= 0.6 is 0 Å². The summed E-state index contributed by atoms with van der Waals surface area (Å²) in [4.78, 5) is 18.8. The summed E-state index contributed by atoms with van der Waals surface area (Å²) >= 11 is 0. The van der Waals surface area contributed by atoms with Crippen molar-refractivity contribution in [3.05, 3.63) is 106 Å². The first-order chi connectivity index (χ1) is 14.1. The molecule has 0 unspecified atom stereocenters. The number of fused-ring (bicyclic) bond motifs is 1. The fourth-order valence-electron chi connectivity index (χ4n) is 3.53. The largest absolute Gasteiger partial charge is 0.457 e. The molecule has 0 aliphatic heterocycles. The highest BCUT2D eigenvalue weighted by molar-refractivity contribution is 5.81. The third-order valence-electron chi connectivity index (χ3n) is 4.99. The Kier molecular flexibility index (Phi) is 5.45. The maximum Gasteiger partial charge on any atom is 0.194 e. The molecule has 4 aromatic rings. The number of aromatic nitrogens is 1. The van der Waals surface area contributed by atoms with Gasteiger partial charge in [-0.3, -0.25) is 9.69 Å². The number of aromatic amines is 1. The Bertz CT molecular complexity index is 1170. The van der Waals surface area contributed by atoms with Crippen LogP contribution in [0.3, 0.4) is 0 Å². The van der Waals surface area contributed by atoms with Crippen LogP contribution in [-0.4, -0.2) is 16.9 Å². The second-order valence-corrected chi connectivity index (χ2v) is 7.34. The van der Waals surface area contributed by atoms with E-state index < -0.39 is 0 Å². The summed E-state index contributed by atoms with van der Waals surface area (Å²) in [6.45, 7) is 3.32. The van der Waals surface area contributed by atoms with Crippen molar-refractivity contribution in [2.75, 3.05) is 7.05 Å². The first-order valence-electron chi connectivity index (χ1n) is 9.71. The van der Waals surface area contributed by atoms with Crippen molar-refractivity contribution in [2.24, 2.45) is 0 Å². The maximum atomic E-state index is 13.2. The Morgan fingerprint density at radius 2 is 1.55 bits per heavy atom. The van der Waals surface area contributed by atoms with Gasteiger partial charge in [0.05, 0.1) is 0 Å². The first kappa shape index (κ1) is 19.0. The fraction of sp³-hybridized carbons (Fsp3) is 0.160. The number of pyridine rings is 1.